The van der Waals surface area contributed by atoms with Gasteiger partial charge in [0, 0.05) is 0 Å². The molecule has 1 aromatic heterocycles. The molecule has 1 atom stereocenters. The average molecular weight is 309 g/mol. The van der Waals surface area contributed by atoms with Crippen LogP contribution in [0.5, 0.6) is 0 Å². The van der Waals surface area contributed by atoms with E-state index in [2.05, 4.69) is 21.5 Å². The van der Waals surface area contributed by atoms with Crippen LogP contribution in [0.2, 0.25) is 0 Å². The summed E-state index contributed by atoms with van der Waals surface area (Å²) in [5, 5.41) is 3.06. The second-order valence-corrected chi connectivity index (χ2v) is 6.33. The fourth-order valence-electron chi connectivity index (χ4n) is 2.02. The lowest BCUT2D eigenvalue weighted by Gasteiger charge is -2.15. The highest BCUT2D eigenvalue weighted by Crippen LogP contribution is 2.20. The van der Waals surface area contributed by atoms with Gasteiger partial charge in [-0.25, -0.2) is 4.98 Å². The Kier molecular flexibility index (Phi) is 5.79. The number of nitrogens with one attached hydrogen (secondary N) is 2. The van der Waals surface area contributed by atoms with Crippen LogP contribution < -0.4 is 5.32 Å². The molecule has 6 heteroatoms. The van der Waals surface area contributed by atoms with Crippen LogP contribution in [0.25, 0.3) is 11.0 Å². The Morgan fingerprint density at radius 1 is 1.35 bits per heavy atom. The predicted molar refractivity (Wildman–Crippen MR) is 88.4 cm³/mol. The molecular weight excluding hydrogens is 290 g/mol. The molecule has 20 heavy (non-hydrogen) atoms. The minimum atomic E-state index is -0.0468. The zero-order chi connectivity index (χ0) is 14.4. The van der Waals surface area contributed by atoms with Gasteiger partial charge in [-0.2, -0.15) is 23.5 Å². The highest BCUT2D eigenvalue weighted by atomic mass is 32.2. The van der Waals surface area contributed by atoms with Gasteiger partial charge in [-0.1, -0.05) is 12.1 Å². The SMILES string of the molecule is CSCC[C@H](NC(=O)CSC)c1nc2ccccc2[nH]1. The number of aromatic nitrogens is 2. The molecule has 1 aromatic carbocycles. The molecule has 0 saturated carbocycles. The summed E-state index contributed by atoms with van der Waals surface area (Å²) in [5.74, 6) is 2.37. The second kappa shape index (κ2) is 7.59. The van der Waals surface area contributed by atoms with Gasteiger partial charge < -0.3 is 10.3 Å². The van der Waals surface area contributed by atoms with Gasteiger partial charge in [-0.3, -0.25) is 4.79 Å². The lowest BCUT2D eigenvalue weighted by molar-refractivity contribution is -0.119. The Labute approximate surface area is 127 Å². The molecule has 0 bridgehead atoms. The van der Waals surface area contributed by atoms with Gasteiger partial charge in [0.2, 0.25) is 5.91 Å². The molecule has 2 aromatic rings. The van der Waals surface area contributed by atoms with Gasteiger partial charge in [0.15, 0.2) is 0 Å². The normalized spacial score (nSPS) is 12.5. The molecule has 1 amide bonds. The number of imidazole rings is 1. The maximum absolute atomic E-state index is 11.8. The van der Waals surface area contributed by atoms with E-state index in [1.165, 1.54) is 11.8 Å². The summed E-state index contributed by atoms with van der Waals surface area (Å²) in [5.41, 5.74) is 1.95. The number of thioether (sulfide) groups is 2. The van der Waals surface area contributed by atoms with Crippen molar-refractivity contribution in [1.82, 2.24) is 15.3 Å². The highest BCUT2D eigenvalue weighted by molar-refractivity contribution is 7.99. The van der Waals surface area contributed by atoms with Crippen LogP contribution in [0.4, 0.5) is 0 Å². The zero-order valence-corrected chi connectivity index (χ0v) is 13.3. The number of hydrogen-bond donors (Lipinski definition) is 2. The fraction of sp³-hybridized carbons (Fsp3) is 0.429. The smallest absolute Gasteiger partial charge is 0.230 e. The van der Waals surface area contributed by atoms with E-state index in [-0.39, 0.29) is 11.9 Å². The molecule has 2 rings (SSSR count). The van der Waals surface area contributed by atoms with E-state index in [4.69, 9.17) is 0 Å². The molecule has 2 N–H and O–H groups in total. The van der Waals surface area contributed by atoms with E-state index in [9.17, 15) is 4.79 Å². The monoisotopic (exact) mass is 309 g/mol. The number of benzene rings is 1. The molecule has 4 nitrogen and oxygen atoms in total. The predicted octanol–water partition coefficient (Wildman–Crippen LogP) is 2.84. The number of carbonyl (C=O) groups excluding carboxylic acids is 1. The molecule has 0 spiro atoms. The van der Waals surface area contributed by atoms with Crippen LogP contribution in [-0.4, -0.2) is 39.9 Å². The number of para-hydroxylation sites is 2. The number of hydrogen-bond acceptors (Lipinski definition) is 4. The van der Waals surface area contributed by atoms with Crippen molar-refractivity contribution in [3.8, 4) is 0 Å². The molecule has 0 fully saturated rings. The lowest BCUT2D eigenvalue weighted by atomic mass is 10.2. The van der Waals surface area contributed by atoms with E-state index in [1.807, 2.05) is 30.5 Å². The number of aromatic amines is 1. The van der Waals surface area contributed by atoms with E-state index in [1.54, 1.807) is 11.8 Å². The highest BCUT2D eigenvalue weighted by Gasteiger charge is 2.17. The molecule has 0 aliphatic carbocycles. The second-order valence-electron chi connectivity index (χ2n) is 4.47. The first-order valence-corrected chi connectivity index (χ1v) is 9.25. The van der Waals surface area contributed by atoms with Crippen molar-refractivity contribution in [3.05, 3.63) is 30.1 Å². The van der Waals surface area contributed by atoms with E-state index < -0.39 is 0 Å². The van der Waals surface area contributed by atoms with Crippen molar-refractivity contribution in [3.63, 3.8) is 0 Å². The largest absolute Gasteiger partial charge is 0.345 e. The fourth-order valence-corrected chi connectivity index (χ4v) is 2.83. The van der Waals surface area contributed by atoms with Gasteiger partial charge in [0.05, 0.1) is 22.8 Å². The minimum absolute atomic E-state index is 0.0468. The third kappa shape index (κ3) is 3.93. The summed E-state index contributed by atoms with van der Waals surface area (Å²) >= 11 is 3.30. The van der Waals surface area contributed by atoms with E-state index in [0.717, 1.165) is 29.0 Å². The molecule has 1 heterocycles. The molecular formula is C14H19N3OS2. The summed E-state index contributed by atoms with van der Waals surface area (Å²) in [4.78, 5) is 19.7. The number of rotatable bonds is 7. The molecule has 0 unspecified atom stereocenters. The Morgan fingerprint density at radius 2 is 2.15 bits per heavy atom. The van der Waals surface area contributed by atoms with Crippen LogP contribution in [-0.2, 0) is 4.79 Å². The van der Waals surface area contributed by atoms with Crippen molar-refractivity contribution >= 4 is 40.5 Å². The molecule has 108 valence electrons. The summed E-state index contributed by atoms with van der Waals surface area (Å²) in [6.07, 6.45) is 4.87. The zero-order valence-electron chi connectivity index (χ0n) is 11.7. The summed E-state index contributed by atoms with van der Waals surface area (Å²) in [6.45, 7) is 0. The van der Waals surface area contributed by atoms with Crippen LogP contribution in [0.1, 0.15) is 18.3 Å². The Bertz CT molecular complexity index is 537. The first-order chi connectivity index (χ1) is 9.74. The van der Waals surface area contributed by atoms with Crippen molar-refractivity contribution < 1.29 is 4.79 Å². The Hall–Kier alpha value is -1.14. The molecule has 0 aliphatic rings. The Morgan fingerprint density at radius 3 is 2.85 bits per heavy atom. The Balaban J connectivity index is 2.18. The topological polar surface area (TPSA) is 57.8 Å². The van der Waals surface area contributed by atoms with E-state index >= 15 is 0 Å². The number of fused-ring (bicyclic) bond motifs is 1. The number of nitrogens with zero attached hydrogens (tertiary/aromatic N) is 1. The van der Waals surface area contributed by atoms with Gasteiger partial charge in [0.25, 0.3) is 0 Å². The standard InChI is InChI=1S/C14H19N3OS2/c1-19-8-7-12(15-13(18)9-20-2)14-16-10-5-3-4-6-11(10)17-14/h3-6,12H,7-9H2,1-2H3,(H,15,18)(H,16,17)/t12-/m0/s1. The van der Waals surface area contributed by atoms with Crippen LogP contribution in [0, 0.1) is 0 Å². The maximum Gasteiger partial charge on any atom is 0.230 e. The first-order valence-electron chi connectivity index (χ1n) is 6.46. The van der Waals surface area contributed by atoms with Gasteiger partial charge in [0.1, 0.15) is 5.82 Å². The third-order valence-corrected chi connectivity index (χ3v) is 4.15. The van der Waals surface area contributed by atoms with Crippen molar-refractivity contribution in [2.45, 2.75) is 12.5 Å². The van der Waals surface area contributed by atoms with Crippen LogP contribution >= 0.6 is 23.5 Å². The summed E-state index contributed by atoms with van der Waals surface area (Å²) in [7, 11) is 0. The number of H-pyrrole nitrogens is 1. The molecule has 0 aliphatic heterocycles. The van der Waals surface area contributed by atoms with Crippen molar-refractivity contribution in [2.75, 3.05) is 24.0 Å². The molecule has 0 radical (unpaired) electrons. The third-order valence-electron chi connectivity index (χ3n) is 2.96. The quantitative estimate of drug-likeness (QED) is 0.826. The van der Waals surface area contributed by atoms with Crippen LogP contribution in [0.15, 0.2) is 24.3 Å². The molecule has 0 saturated heterocycles. The van der Waals surface area contributed by atoms with Crippen LogP contribution in [0.3, 0.4) is 0 Å². The van der Waals surface area contributed by atoms with Crippen molar-refractivity contribution in [1.29, 1.82) is 0 Å². The first kappa shape index (κ1) is 15.3. The van der Waals surface area contributed by atoms with Gasteiger partial charge in [-0.15, -0.1) is 0 Å². The van der Waals surface area contributed by atoms with Gasteiger partial charge in [-0.05, 0) is 36.8 Å². The maximum atomic E-state index is 11.8. The van der Waals surface area contributed by atoms with E-state index in [0.29, 0.717) is 5.75 Å². The minimum Gasteiger partial charge on any atom is -0.345 e. The average Bonchev–Trinajstić information content (AvgIpc) is 2.87. The van der Waals surface area contributed by atoms with Crippen molar-refractivity contribution in [2.24, 2.45) is 0 Å². The number of amides is 1. The summed E-state index contributed by atoms with van der Waals surface area (Å²) in [6, 6.07) is 7.88. The lowest BCUT2D eigenvalue weighted by Crippen LogP contribution is -2.31. The van der Waals surface area contributed by atoms with Gasteiger partial charge >= 0.3 is 0 Å². The number of carbonyl (C=O) groups is 1. The summed E-state index contributed by atoms with van der Waals surface area (Å²) < 4.78 is 0.